The largest absolute Gasteiger partial charge is 0.507 e. The summed E-state index contributed by atoms with van der Waals surface area (Å²) in [6, 6.07) is 8.11. The van der Waals surface area contributed by atoms with Gasteiger partial charge in [-0.15, -0.1) is 0 Å². The molecule has 0 aliphatic carbocycles. The van der Waals surface area contributed by atoms with Crippen LogP contribution in [-0.4, -0.2) is 22.7 Å². The molecule has 236 valence electrons. The number of phenolic OH excluding ortho intramolecular Hbond substituents is 2. The van der Waals surface area contributed by atoms with Crippen molar-refractivity contribution in [2.45, 2.75) is 156 Å². The fourth-order valence-corrected chi connectivity index (χ4v) is 5.65. The molecule has 3 N–H and O–H groups in total. The minimum absolute atomic E-state index is 0.0422. The lowest BCUT2D eigenvalue weighted by atomic mass is 9.74. The van der Waals surface area contributed by atoms with Gasteiger partial charge in [-0.1, -0.05) is 146 Å². The molecule has 0 fully saturated rings. The van der Waals surface area contributed by atoms with E-state index in [1.165, 1.54) is 25.7 Å². The average Bonchev–Trinajstić information content (AvgIpc) is 2.82. The Labute approximate surface area is 257 Å². The summed E-state index contributed by atoms with van der Waals surface area (Å²) in [7, 11) is 0. The molecule has 0 radical (unpaired) electrons. The Kier molecular flexibility index (Phi) is 11.4. The predicted molar refractivity (Wildman–Crippen MR) is 179 cm³/mol. The zero-order valence-electron chi connectivity index (χ0n) is 29.1. The van der Waals surface area contributed by atoms with Crippen molar-refractivity contribution in [3.05, 3.63) is 57.6 Å². The van der Waals surface area contributed by atoms with Crippen LogP contribution in [0.1, 0.15) is 168 Å². The number of hydrogen-bond acceptors (Lipinski definition) is 3. The molecule has 0 unspecified atom stereocenters. The van der Waals surface area contributed by atoms with E-state index in [-0.39, 0.29) is 27.6 Å². The summed E-state index contributed by atoms with van der Waals surface area (Å²) in [5.74, 6) is -0.0158. The Morgan fingerprint density at radius 3 is 1.21 bits per heavy atom. The Morgan fingerprint density at radius 2 is 0.905 bits per heavy atom. The number of carbonyl (C=O) groups excluding carboxylic acids is 1. The Morgan fingerprint density at radius 1 is 0.595 bits per heavy atom. The summed E-state index contributed by atoms with van der Waals surface area (Å²) in [6.07, 6.45) is 6.97. The van der Waals surface area contributed by atoms with Gasteiger partial charge in [0.05, 0.1) is 5.92 Å². The molecule has 0 saturated heterocycles. The highest BCUT2D eigenvalue weighted by molar-refractivity contribution is 5.88. The molecule has 0 heterocycles. The second-order valence-corrected chi connectivity index (χ2v) is 16.4. The lowest BCUT2D eigenvalue weighted by Gasteiger charge is -2.32. The first-order chi connectivity index (χ1) is 19.1. The highest BCUT2D eigenvalue weighted by atomic mass is 16.3. The van der Waals surface area contributed by atoms with Gasteiger partial charge in [0.2, 0.25) is 5.91 Å². The summed E-state index contributed by atoms with van der Waals surface area (Å²) >= 11 is 0. The number of unbranched alkanes of at least 4 members (excludes halogenated alkanes) is 5. The van der Waals surface area contributed by atoms with Crippen LogP contribution < -0.4 is 5.32 Å². The fraction of sp³-hybridized carbons (Fsp3) is 0.658. The number of hydrogen-bond donors (Lipinski definition) is 3. The maximum atomic E-state index is 14.3. The second kappa shape index (κ2) is 13.4. The smallest absolute Gasteiger partial charge is 0.232 e. The normalized spacial score (nSPS) is 13.1. The first kappa shape index (κ1) is 35.7. The van der Waals surface area contributed by atoms with Crippen LogP contribution in [-0.2, 0) is 26.5 Å². The molecule has 0 aliphatic rings. The van der Waals surface area contributed by atoms with E-state index in [4.69, 9.17) is 0 Å². The highest BCUT2D eigenvalue weighted by Gasteiger charge is 2.34. The summed E-state index contributed by atoms with van der Waals surface area (Å²) in [4.78, 5) is 14.3. The Bertz CT molecular complexity index is 1060. The zero-order chi connectivity index (χ0) is 32.3. The van der Waals surface area contributed by atoms with E-state index >= 15 is 0 Å². The molecule has 0 spiro atoms. The number of amides is 1. The third-order valence-corrected chi connectivity index (χ3v) is 8.25. The standard InChI is InChI=1S/C38H61NO3/c1-14-15-16-17-18-19-20-39-34(42)31(25-21-27(35(2,3)4)32(40)28(22-25)36(5,6)7)26-23-29(37(8,9)10)33(41)30(24-26)38(11,12)13/h21-24,31,40-41H,14-20H2,1-13H3,(H,39,42). The van der Waals surface area contributed by atoms with Gasteiger partial charge in [0.15, 0.2) is 0 Å². The fourth-order valence-electron chi connectivity index (χ4n) is 5.65. The van der Waals surface area contributed by atoms with Gasteiger partial charge in [-0.3, -0.25) is 4.79 Å². The number of benzene rings is 2. The number of phenols is 2. The van der Waals surface area contributed by atoms with E-state index in [0.29, 0.717) is 18.0 Å². The van der Waals surface area contributed by atoms with Gasteiger partial charge in [-0.05, 0) is 61.5 Å². The van der Waals surface area contributed by atoms with Gasteiger partial charge in [-0.25, -0.2) is 0 Å². The summed E-state index contributed by atoms with van der Waals surface area (Å²) in [6.45, 7) is 28.0. The topological polar surface area (TPSA) is 69.6 Å². The van der Waals surface area contributed by atoms with E-state index in [1.54, 1.807) is 0 Å². The molecule has 0 bridgehead atoms. The maximum absolute atomic E-state index is 14.3. The van der Waals surface area contributed by atoms with Crippen molar-refractivity contribution in [3.63, 3.8) is 0 Å². The third kappa shape index (κ3) is 9.01. The molecular formula is C38H61NO3. The molecule has 1 amide bonds. The lowest BCUT2D eigenvalue weighted by Crippen LogP contribution is -2.32. The Hall–Kier alpha value is -2.49. The minimum Gasteiger partial charge on any atom is -0.507 e. The minimum atomic E-state index is -0.587. The van der Waals surface area contributed by atoms with Gasteiger partial charge in [0.25, 0.3) is 0 Å². The van der Waals surface area contributed by atoms with Gasteiger partial charge in [0.1, 0.15) is 11.5 Å². The van der Waals surface area contributed by atoms with Crippen molar-refractivity contribution >= 4 is 5.91 Å². The molecule has 2 rings (SSSR count). The molecular weight excluding hydrogens is 518 g/mol. The van der Waals surface area contributed by atoms with Crippen LogP contribution in [0, 0.1) is 0 Å². The predicted octanol–water partition coefficient (Wildman–Crippen LogP) is 9.90. The average molecular weight is 580 g/mol. The van der Waals surface area contributed by atoms with E-state index < -0.39 is 5.92 Å². The molecule has 0 atom stereocenters. The molecule has 42 heavy (non-hydrogen) atoms. The van der Waals surface area contributed by atoms with Crippen LogP contribution in [0.5, 0.6) is 11.5 Å². The number of nitrogens with one attached hydrogen (secondary N) is 1. The van der Waals surface area contributed by atoms with Crippen molar-refractivity contribution in [1.82, 2.24) is 5.32 Å². The SMILES string of the molecule is CCCCCCCCNC(=O)C(c1cc(C(C)(C)C)c(O)c(C(C)(C)C)c1)c1cc(C(C)(C)C)c(O)c(C(C)(C)C)c1. The van der Waals surface area contributed by atoms with Crippen LogP contribution >= 0.6 is 0 Å². The van der Waals surface area contributed by atoms with Gasteiger partial charge >= 0.3 is 0 Å². The first-order valence-corrected chi connectivity index (χ1v) is 16.1. The second-order valence-electron chi connectivity index (χ2n) is 16.4. The van der Waals surface area contributed by atoms with Gasteiger partial charge in [0, 0.05) is 6.54 Å². The van der Waals surface area contributed by atoms with Crippen LogP contribution in [0.3, 0.4) is 0 Å². The third-order valence-electron chi connectivity index (χ3n) is 8.25. The lowest BCUT2D eigenvalue weighted by molar-refractivity contribution is -0.121. The Balaban J connectivity index is 2.80. The summed E-state index contributed by atoms with van der Waals surface area (Å²) < 4.78 is 0. The van der Waals surface area contributed by atoms with E-state index in [0.717, 1.165) is 46.2 Å². The van der Waals surface area contributed by atoms with Crippen LogP contribution in [0.15, 0.2) is 24.3 Å². The number of carbonyl (C=O) groups is 1. The van der Waals surface area contributed by atoms with Crippen molar-refractivity contribution in [3.8, 4) is 11.5 Å². The highest BCUT2D eigenvalue weighted by Crippen LogP contribution is 2.45. The van der Waals surface area contributed by atoms with E-state index in [9.17, 15) is 15.0 Å². The molecule has 0 aromatic heterocycles. The molecule has 2 aromatic rings. The van der Waals surface area contributed by atoms with Crippen LogP contribution in [0.2, 0.25) is 0 Å². The van der Waals surface area contributed by atoms with Crippen LogP contribution in [0.25, 0.3) is 0 Å². The van der Waals surface area contributed by atoms with Crippen molar-refractivity contribution in [2.24, 2.45) is 0 Å². The summed E-state index contributed by atoms with van der Waals surface area (Å²) in [5.41, 5.74) is 3.82. The zero-order valence-corrected chi connectivity index (χ0v) is 29.1. The quantitative estimate of drug-likeness (QED) is 0.245. The molecule has 0 saturated carbocycles. The molecule has 0 aliphatic heterocycles. The van der Waals surface area contributed by atoms with Crippen molar-refractivity contribution < 1.29 is 15.0 Å². The van der Waals surface area contributed by atoms with Gasteiger partial charge < -0.3 is 15.5 Å². The van der Waals surface area contributed by atoms with Crippen LogP contribution in [0.4, 0.5) is 0 Å². The number of aromatic hydroxyl groups is 2. The first-order valence-electron chi connectivity index (χ1n) is 16.1. The van der Waals surface area contributed by atoms with Gasteiger partial charge in [-0.2, -0.15) is 0 Å². The maximum Gasteiger partial charge on any atom is 0.232 e. The molecule has 2 aromatic carbocycles. The van der Waals surface area contributed by atoms with Crippen molar-refractivity contribution in [2.75, 3.05) is 6.54 Å². The molecule has 4 heteroatoms. The van der Waals surface area contributed by atoms with E-state index in [2.05, 4.69) is 95.3 Å². The number of rotatable bonds is 10. The summed E-state index contributed by atoms with van der Waals surface area (Å²) in [5, 5.41) is 26.2. The van der Waals surface area contributed by atoms with Crippen molar-refractivity contribution in [1.29, 1.82) is 0 Å². The monoisotopic (exact) mass is 579 g/mol. The van der Waals surface area contributed by atoms with E-state index in [1.807, 2.05) is 24.3 Å². The molecule has 4 nitrogen and oxygen atoms in total.